The fourth-order valence-electron chi connectivity index (χ4n) is 2.30. The molecule has 1 N–H and O–H groups in total. The molecular formula is C16H18N4O5S. The minimum atomic E-state index is -0.501. The Bertz CT molecular complexity index is 810. The van der Waals surface area contributed by atoms with Gasteiger partial charge in [0.25, 0.3) is 0 Å². The maximum absolute atomic E-state index is 11.8. The zero-order chi connectivity index (χ0) is 18.5. The van der Waals surface area contributed by atoms with Gasteiger partial charge in [-0.2, -0.15) is 0 Å². The number of carbonyl (C=O) groups excluding carboxylic acids is 2. The van der Waals surface area contributed by atoms with Crippen molar-refractivity contribution in [2.45, 2.75) is 11.3 Å². The highest BCUT2D eigenvalue weighted by atomic mass is 32.2. The summed E-state index contributed by atoms with van der Waals surface area (Å²) in [5.41, 5.74) is 0. The molecule has 0 fully saturated rings. The second-order valence-corrected chi connectivity index (χ2v) is 6.35. The van der Waals surface area contributed by atoms with Gasteiger partial charge in [0, 0.05) is 7.05 Å². The van der Waals surface area contributed by atoms with E-state index in [9.17, 15) is 9.59 Å². The highest BCUT2D eigenvalue weighted by molar-refractivity contribution is 7.99. The summed E-state index contributed by atoms with van der Waals surface area (Å²) in [4.78, 5) is 22.8. The Hall–Kier alpha value is -2.75. The second kappa shape index (κ2) is 8.09. The van der Waals surface area contributed by atoms with Crippen LogP contribution in [0.5, 0.6) is 11.5 Å². The van der Waals surface area contributed by atoms with Crippen molar-refractivity contribution >= 4 is 23.6 Å². The molecule has 0 saturated heterocycles. The number of nitrogens with zero attached hydrogens (tertiary/aromatic N) is 3. The Morgan fingerprint density at radius 3 is 2.88 bits per heavy atom. The van der Waals surface area contributed by atoms with Gasteiger partial charge in [-0.25, -0.2) is 0 Å². The molecule has 26 heavy (non-hydrogen) atoms. The molecule has 0 saturated carbocycles. The zero-order valence-electron chi connectivity index (χ0n) is 14.3. The average molecular weight is 378 g/mol. The van der Waals surface area contributed by atoms with Crippen LogP contribution in [0.4, 0.5) is 0 Å². The first-order valence-electron chi connectivity index (χ1n) is 7.82. The van der Waals surface area contributed by atoms with Crippen molar-refractivity contribution in [1.29, 1.82) is 0 Å². The first-order chi connectivity index (χ1) is 12.6. The molecule has 0 spiro atoms. The molecule has 1 aromatic carbocycles. The number of aromatic nitrogens is 3. The van der Waals surface area contributed by atoms with E-state index in [0.717, 1.165) is 0 Å². The van der Waals surface area contributed by atoms with Gasteiger partial charge in [0.15, 0.2) is 28.6 Å². The van der Waals surface area contributed by atoms with Gasteiger partial charge in [0.05, 0.1) is 12.9 Å². The van der Waals surface area contributed by atoms with Crippen LogP contribution >= 0.6 is 11.8 Å². The number of ether oxygens (including phenoxy) is 3. The van der Waals surface area contributed by atoms with Gasteiger partial charge in [-0.3, -0.25) is 9.59 Å². The lowest BCUT2D eigenvalue weighted by atomic mass is 10.2. The van der Waals surface area contributed by atoms with Crippen LogP contribution in [0.1, 0.15) is 11.9 Å². The molecular weight excluding hydrogens is 360 g/mol. The van der Waals surface area contributed by atoms with Crippen molar-refractivity contribution < 1.29 is 23.8 Å². The number of hydrogen-bond donors (Lipinski definition) is 1. The van der Waals surface area contributed by atoms with E-state index in [1.54, 1.807) is 11.6 Å². The van der Waals surface area contributed by atoms with Crippen molar-refractivity contribution in [2.75, 3.05) is 26.0 Å². The van der Waals surface area contributed by atoms with Crippen molar-refractivity contribution in [1.82, 2.24) is 20.1 Å². The molecule has 0 bridgehead atoms. The van der Waals surface area contributed by atoms with Crippen LogP contribution in [0.15, 0.2) is 29.4 Å². The third-order valence-corrected chi connectivity index (χ3v) is 4.68. The van der Waals surface area contributed by atoms with Gasteiger partial charge in [-0.1, -0.05) is 23.9 Å². The second-order valence-electron chi connectivity index (χ2n) is 5.41. The monoisotopic (exact) mass is 378 g/mol. The number of hydrogen-bond acceptors (Lipinski definition) is 8. The van der Waals surface area contributed by atoms with E-state index >= 15 is 0 Å². The average Bonchev–Trinajstić information content (AvgIpc) is 3.04. The lowest BCUT2D eigenvalue weighted by molar-refractivity contribution is -0.140. The highest BCUT2D eigenvalue weighted by Crippen LogP contribution is 2.35. The number of carbonyl (C=O) groups is 2. The summed E-state index contributed by atoms with van der Waals surface area (Å²) in [5, 5.41) is 11.3. The largest absolute Gasteiger partial charge is 0.485 e. The van der Waals surface area contributed by atoms with Gasteiger partial charge in [-0.05, 0) is 12.1 Å². The van der Waals surface area contributed by atoms with Gasteiger partial charge in [-0.15, -0.1) is 10.2 Å². The summed E-state index contributed by atoms with van der Waals surface area (Å²) in [5.74, 6) is 1.27. The van der Waals surface area contributed by atoms with E-state index < -0.39 is 5.97 Å². The Morgan fingerprint density at radius 2 is 2.12 bits per heavy atom. The third-order valence-electron chi connectivity index (χ3n) is 3.66. The fraction of sp³-hybridized carbons (Fsp3) is 0.375. The number of para-hydroxylation sites is 2. The molecule has 1 aromatic heterocycles. The summed E-state index contributed by atoms with van der Waals surface area (Å²) in [6.45, 7) is 0.167. The van der Waals surface area contributed by atoms with Crippen LogP contribution < -0.4 is 14.8 Å². The van der Waals surface area contributed by atoms with Gasteiger partial charge in [0.1, 0.15) is 13.2 Å². The number of thioether (sulfide) groups is 1. The van der Waals surface area contributed by atoms with Gasteiger partial charge in [0.2, 0.25) is 5.91 Å². The Kier molecular flexibility index (Phi) is 5.61. The van der Waals surface area contributed by atoms with E-state index in [4.69, 9.17) is 9.47 Å². The first-order valence-corrected chi connectivity index (χ1v) is 8.81. The Balaban J connectivity index is 1.58. The molecule has 138 valence electrons. The Labute approximate surface area is 154 Å². The van der Waals surface area contributed by atoms with E-state index in [1.807, 2.05) is 24.3 Å². The molecule has 0 radical (unpaired) electrons. The van der Waals surface area contributed by atoms with Crippen LogP contribution in [0.25, 0.3) is 0 Å². The van der Waals surface area contributed by atoms with E-state index in [-0.39, 0.29) is 24.3 Å². The first kappa shape index (κ1) is 18.1. The maximum Gasteiger partial charge on any atom is 0.325 e. The molecule has 10 heteroatoms. The predicted octanol–water partition coefficient (Wildman–Crippen LogP) is 0.709. The van der Waals surface area contributed by atoms with Crippen molar-refractivity contribution in [2.24, 2.45) is 7.05 Å². The number of amides is 1. The highest BCUT2D eigenvalue weighted by Gasteiger charge is 2.27. The summed E-state index contributed by atoms with van der Waals surface area (Å²) in [6, 6.07) is 7.43. The van der Waals surface area contributed by atoms with Crippen LogP contribution in [0, 0.1) is 0 Å². The number of fused-ring (bicyclic) bond motifs is 1. The van der Waals surface area contributed by atoms with E-state index in [2.05, 4.69) is 20.3 Å². The summed E-state index contributed by atoms with van der Waals surface area (Å²) in [7, 11) is 3.06. The molecule has 2 aromatic rings. The molecule has 2 heterocycles. The van der Waals surface area contributed by atoms with Crippen molar-refractivity contribution in [3.05, 3.63) is 30.1 Å². The molecule has 0 aliphatic carbocycles. The number of methoxy groups -OCH3 is 1. The standard InChI is InChI=1S/C16H18N4O5S/c1-20-15(12-8-24-10-5-3-4-6-11(10)25-12)18-19-16(20)26-9-13(21)17-7-14(22)23-2/h3-6,12H,7-9H2,1-2H3,(H,17,21). The fourth-order valence-corrected chi connectivity index (χ4v) is 3.05. The third kappa shape index (κ3) is 4.07. The minimum absolute atomic E-state index is 0.105. The topological polar surface area (TPSA) is 105 Å². The Morgan fingerprint density at radius 1 is 1.35 bits per heavy atom. The number of rotatable bonds is 6. The smallest absolute Gasteiger partial charge is 0.325 e. The molecule has 9 nitrogen and oxygen atoms in total. The molecule has 3 rings (SSSR count). The number of benzene rings is 1. The van der Waals surface area contributed by atoms with Crippen molar-refractivity contribution in [3.8, 4) is 11.5 Å². The molecule has 1 aliphatic heterocycles. The lowest BCUT2D eigenvalue weighted by Gasteiger charge is -2.25. The maximum atomic E-state index is 11.8. The summed E-state index contributed by atoms with van der Waals surface area (Å²) < 4.78 is 17.9. The lowest BCUT2D eigenvalue weighted by Crippen LogP contribution is -2.31. The molecule has 1 atom stereocenters. The van der Waals surface area contributed by atoms with E-state index in [1.165, 1.54) is 18.9 Å². The number of esters is 1. The SMILES string of the molecule is COC(=O)CNC(=O)CSc1nnc(C2COc3ccccc3O2)n1C. The van der Waals surface area contributed by atoms with Crippen LogP contribution in [-0.2, 0) is 21.4 Å². The minimum Gasteiger partial charge on any atom is -0.485 e. The molecule has 1 aliphatic rings. The number of nitrogens with one attached hydrogen (secondary N) is 1. The van der Waals surface area contributed by atoms with Gasteiger partial charge < -0.3 is 24.1 Å². The van der Waals surface area contributed by atoms with Crippen molar-refractivity contribution in [3.63, 3.8) is 0 Å². The van der Waals surface area contributed by atoms with Gasteiger partial charge >= 0.3 is 5.97 Å². The van der Waals surface area contributed by atoms with E-state index in [0.29, 0.717) is 29.1 Å². The molecule has 1 amide bonds. The summed E-state index contributed by atoms with van der Waals surface area (Å²) in [6.07, 6.45) is -0.384. The predicted molar refractivity (Wildman–Crippen MR) is 92.1 cm³/mol. The normalized spacial score (nSPS) is 15.4. The zero-order valence-corrected chi connectivity index (χ0v) is 15.1. The van der Waals surface area contributed by atoms with Crippen LogP contribution in [0.2, 0.25) is 0 Å². The van der Waals surface area contributed by atoms with Crippen LogP contribution in [-0.4, -0.2) is 52.7 Å². The quantitative estimate of drug-likeness (QED) is 0.579. The summed E-state index contributed by atoms with van der Waals surface area (Å²) >= 11 is 1.21. The molecule has 1 unspecified atom stereocenters. The van der Waals surface area contributed by atoms with Crippen LogP contribution in [0.3, 0.4) is 0 Å².